The first kappa shape index (κ1) is 17.7. The van der Waals surface area contributed by atoms with E-state index in [1.807, 2.05) is 34.7 Å². The van der Waals surface area contributed by atoms with E-state index < -0.39 is 18.3 Å². The van der Waals surface area contributed by atoms with Crippen LogP contribution in [0.5, 0.6) is 0 Å². The molecule has 0 saturated carbocycles. The maximum atomic E-state index is 13.2. The normalized spacial score (nSPS) is 20.7. The van der Waals surface area contributed by atoms with Crippen LogP contribution in [0.1, 0.15) is 33.3 Å². The molecule has 0 aromatic heterocycles. The number of nitrogens with zero attached hydrogens (tertiary/aromatic N) is 1. The summed E-state index contributed by atoms with van der Waals surface area (Å²) < 4.78 is 25.4. The van der Waals surface area contributed by atoms with Crippen LogP contribution in [-0.2, 0) is 9.31 Å². The van der Waals surface area contributed by atoms with Crippen molar-refractivity contribution in [3.63, 3.8) is 0 Å². The lowest BCUT2D eigenvalue weighted by Gasteiger charge is -2.32. The van der Waals surface area contributed by atoms with Gasteiger partial charge in [-0.2, -0.15) is 0 Å². The molecule has 1 aliphatic heterocycles. The smallest absolute Gasteiger partial charge is 0.399 e. The van der Waals surface area contributed by atoms with Gasteiger partial charge in [-0.3, -0.25) is 4.99 Å². The zero-order valence-corrected chi connectivity index (χ0v) is 14.6. The lowest BCUT2D eigenvalue weighted by molar-refractivity contribution is 0.00578. The third-order valence-corrected chi connectivity index (χ3v) is 4.45. The van der Waals surface area contributed by atoms with E-state index in [-0.39, 0.29) is 5.82 Å². The second kappa shape index (κ2) is 6.45. The highest BCUT2D eigenvalue weighted by Gasteiger charge is 2.52. The summed E-state index contributed by atoms with van der Waals surface area (Å²) in [5, 5.41) is 3.16. The lowest BCUT2D eigenvalue weighted by atomic mass is 9.76. The molecule has 1 N–H and O–H groups in total. The van der Waals surface area contributed by atoms with E-state index in [9.17, 15) is 4.39 Å². The number of nitrogens with one attached hydrogen (secondary N) is 1. The molecule has 6 heteroatoms. The van der Waals surface area contributed by atoms with Crippen LogP contribution in [0.15, 0.2) is 34.7 Å². The molecule has 0 amide bonds. The van der Waals surface area contributed by atoms with Crippen LogP contribution in [0.2, 0.25) is 0 Å². The zero-order chi connectivity index (χ0) is 17.3. The fraction of sp³-hybridized carbons (Fsp3) is 0.471. The molecule has 0 unspecified atom stereocenters. The Morgan fingerprint density at radius 1 is 1.13 bits per heavy atom. The topological polar surface area (TPSA) is 42.9 Å². The van der Waals surface area contributed by atoms with Gasteiger partial charge >= 0.3 is 7.12 Å². The van der Waals surface area contributed by atoms with E-state index in [2.05, 4.69) is 10.3 Å². The van der Waals surface area contributed by atoms with Gasteiger partial charge in [-0.05, 0) is 45.4 Å². The minimum atomic E-state index is -0.545. The summed E-state index contributed by atoms with van der Waals surface area (Å²) in [5.74, 6) is -0.273. The molecule has 0 radical (unpaired) electrons. The summed E-state index contributed by atoms with van der Waals surface area (Å²) in [6, 6.07) is 6.29. The second-order valence-corrected chi connectivity index (χ2v) is 6.56. The van der Waals surface area contributed by atoms with Crippen molar-refractivity contribution in [2.45, 2.75) is 38.9 Å². The van der Waals surface area contributed by atoms with Crippen LogP contribution in [0.3, 0.4) is 0 Å². The van der Waals surface area contributed by atoms with E-state index in [0.29, 0.717) is 0 Å². The van der Waals surface area contributed by atoms with Crippen LogP contribution in [0.4, 0.5) is 4.39 Å². The van der Waals surface area contributed by atoms with E-state index >= 15 is 0 Å². The highest BCUT2D eigenvalue weighted by atomic mass is 19.1. The standard InChI is InChI=1S/C17H24BFN2O2/c1-16(2)17(3,4)23-18(22-16)14(11-20-5)15(21-6)12-7-9-13(19)10-8-12/h7-11,21H,1-6H3. The summed E-state index contributed by atoms with van der Waals surface area (Å²) in [5.41, 5.74) is 1.55. The highest BCUT2D eigenvalue weighted by Crippen LogP contribution is 2.39. The molecule has 1 aromatic carbocycles. The van der Waals surface area contributed by atoms with Gasteiger partial charge in [-0.25, -0.2) is 4.39 Å². The number of benzene rings is 1. The lowest BCUT2D eigenvalue weighted by Crippen LogP contribution is -2.41. The maximum absolute atomic E-state index is 13.2. The van der Waals surface area contributed by atoms with Crippen molar-refractivity contribution in [3.8, 4) is 0 Å². The zero-order valence-electron chi connectivity index (χ0n) is 14.6. The van der Waals surface area contributed by atoms with Gasteiger partial charge in [0.15, 0.2) is 0 Å². The molecule has 0 aliphatic carbocycles. The fourth-order valence-corrected chi connectivity index (χ4v) is 2.42. The number of halogens is 1. The largest absolute Gasteiger partial charge is 0.498 e. The van der Waals surface area contributed by atoms with Gasteiger partial charge in [-0.1, -0.05) is 12.1 Å². The van der Waals surface area contributed by atoms with Crippen molar-refractivity contribution in [1.82, 2.24) is 5.32 Å². The maximum Gasteiger partial charge on any atom is 0.498 e. The third-order valence-electron chi connectivity index (χ3n) is 4.45. The molecule has 2 rings (SSSR count). The van der Waals surface area contributed by atoms with Gasteiger partial charge in [-0.15, -0.1) is 0 Å². The Morgan fingerprint density at radius 3 is 2.09 bits per heavy atom. The van der Waals surface area contributed by atoms with Crippen molar-refractivity contribution >= 4 is 19.0 Å². The van der Waals surface area contributed by atoms with Gasteiger partial charge in [0.05, 0.1) is 11.2 Å². The molecular formula is C17H24BFN2O2. The van der Waals surface area contributed by atoms with Crippen LogP contribution in [0.25, 0.3) is 5.70 Å². The Kier molecular flexibility index (Phi) is 4.97. The Morgan fingerprint density at radius 2 is 1.65 bits per heavy atom. The number of allylic oxidation sites excluding steroid dienone is 1. The Bertz CT molecular complexity index is 608. The molecule has 1 saturated heterocycles. The molecule has 124 valence electrons. The first-order valence-electron chi connectivity index (χ1n) is 7.67. The SMILES string of the molecule is CN=CC(B1OC(C)(C)C(C)(C)O1)=C(NC)c1ccc(F)cc1. The van der Waals surface area contributed by atoms with Crippen molar-refractivity contribution in [3.05, 3.63) is 41.1 Å². The van der Waals surface area contributed by atoms with E-state index in [0.717, 1.165) is 16.7 Å². The average Bonchev–Trinajstić information content (AvgIpc) is 2.69. The van der Waals surface area contributed by atoms with Crippen molar-refractivity contribution < 1.29 is 13.7 Å². The van der Waals surface area contributed by atoms with Crippen LogP contribution in [-0.4, -0.2) is 38.6 Å². The number of hydrogen-bond acceptors (Lipinski definition) is 4. The van der Waals surface area contributed by atoms with E-state index in [4.69, 9.17) is 9.31 Å². The third kappa shape index (κ3) is 3.48. The summed E-state index contributed by atoms with van der Waals surface area (Å²) >= 11 is 0. The summed E-state index contributed by atoms with van der Waals surface area (Å²) in [6.07, 6.45) is 1.72. The minimum absolute atomic E-state index is 0.273. The first-order valence-corrected chi connectivity index (χ1v) is 7.67. The van der Waals surface area contributed by atoms with E-state index in [1.165, 1.54) is 12.1 Å². The fourth-order valence-electron chi connectivity index (χ4n) is 2.42. The molecule has 1 aromatic rings. The Hall–Kier alpha value is -1.66. The summed E-state index contributed by atoms with van der Waals surface area (Å²) in [4.78, 5) is 4.13. The summed E-state index contributed by atoms with van der Waals surface area (Å²) in [6.45, 7) is 8.02. The van der Waals surface area contributed by atoms with Gasteiger partial charge < -0.3 is 14.6 Å². The van der Waals surface area contributed by atoms with Crippen molar-refractivity contribution in [2.24, 2.45) is 4.99 Å². The number of aliphatic imine (C=N–C) groups is 1. The Labute approximate surface area is 137 Å². The van der Waals surface area contributed by atoms with Crippen molar-refractivity contribution in [2.75, 3.05) is 14.1 Å². The van der Waals surface area contributed by atoms with Crippen LogP contribution < -0.4 is 5.32 Å². The molecule has 0 atom stereocenters. The average molecular weight is 318 g/mol. The van der Waals surface area contributed by atoms with Crippen LogP contribution in [0, 0.1) is 5.82 Å². The molecular weight excluding hydrogens is 294 g/mol. The van der Waals surface area contributed by atoms with Crippen molar-refractivity contribution in [1.29, 1.82) is 0 Å². The highest BCUT2D eigenvalue weighted by molar-refractivity contribution is 6.62. The number of rotatable bonds is 4. The molecule has 4 nitrogen and oxygen atoms in total. The number of hydrogen-bond donors (Lipinski definition) is 1. The second-order valence-electron chi connectivity index (χ2n) is 6.56. The predicted molar refractivity (Wildman–Crippen MR) is 92.9 cm³/mol. The minimum Gasteiger partial charge on any atom is -0.399 e. The van der Waals surface area contributed by atoms with Gasteiger partial charge in [0.25, 0.3) is 0 Å². The predicted octanol–water partition coefficient (Wildman–Crippen LogP) is 3.09. The molecule has 23 heavy (non-hydrogen) atoms. The molecule has 1 heterocycles. The first-order chi connectivity index (χ1) is 10.7. The molecule has 0 bridgehead atoms. The molecule has 0 spiro atoms. The Balaban J connectivity index is 2.49. The van der Waals surface area contributed by atoms with E-state index in [1.54, 1.807) is 25.4 Å². The monoisotopic (exact) mass is 318 g/mol. The van der Waals surface area contributed by atoms with Crippen LogP contribution >= 0.6 is 0 Å². The molecule has 1 aliphatic rings. The van der Waals surface area contributed by atoms with Gasteiger partial charge in [0.1, 0.15) is 5.82 Å². The van der Waals surface area contributed by atoms with Gasteiger partial charge in [0.2, 0.25) is 0 Å². The van der Waals surface area contributed by atoms with Gasteiger partial charge in [0, 0.05) is 31.5 Å². The molecule has 1 fully saturated rings. The summed E-state index contributed by atoms with van der Waals surface area (Å²) in [7, 11) is 2.97. The quantitative estimate of drug-likeness (QED) is 0.685.